The van der Waals surface area contributed by atoms with Crippen LogP contribution < -0.4 is 9.47 Å². The predicted molar refractivity (Wildman–Crippen MR) is 103 cm³/mol. The molecule has 0 saturated carbocycles. The molecule has 1 amide bonds. The highest BCUT2D eigenvalue weighted by Crippen LogP contribution is 2.38. The van der Waals surface area contributed by atoms with Gasteiger partial charge in [-0.2, -0.15) is 0 Å². The van der Waals surface area contributed by atoms with Crippen LogP contribution in [0.4, 0.5) is 0 Å². The lowest BCUT2D eigenvalue weighted by molar-refractivity contribution is -0.130. The highest BCUT2D eigenvalue weighted by atomic mass is 32.2. The van der Waals surface area contributed by atoms with Crippen molar-refractivity contribution in [1.82, 2.24) is 15.1 Å². The quantitative estimate of drug-likeness (QED) is 0.699. The number of carbonyl (C=O) groups excluding carboxylic acids is 1. The Morgan fingerprint density at radius 3 is 2.41 bits per heavy atom. The number of amides is 1. The molecular formula is C19H25N3O4S. The third kappa shape index (κ3) is 4.55. The fourth-order valence-electron chi connectivity index (χ4n) is 3.51. The summed E-state index contributed by atoms with van der Waals surface area (Å²) < 4.78 is 16.5. The summed E-state index contributed by atoms with van der Waals surface area (Å²) in [7, 11) is 3.15. The molecule has 1 saturated heterocycles. The van der Waals surface area contributed by atoms with Crippen molar-refractivity contribution in [3.05, 3.63) is 18.2 Å². The Kier molecular flexibility index (Phi) is 6.26. The zero-order valence-electron chi connectivity index (χ0n) is 16.1. The number of benzene rings is 1. The number of ether oxygens (including phenoxy) is 2. The molecule has 1 aromatic carbocycles. The van der Waals surface area contributed by atoms with E-state index >= 15 is 0 Å². The maximum Gasteiger partial charge on any atom is 0.277 e. The largest absolute Gasteiger partial charge is 0.496 e. The first-order valence-corrected chi connectivity index (χ1v) is 9.95. The van der Waals surface area contributed by atoms with Gasteiger partial charge in [-0.05, 0) is 30.4 Å². The van der Waals surface area contributed by atoms with Crippen molar-refractivity contribution in [1.29, 1.82) is 0 Å². The molecule has 1 aliphatic rings. The fourth-order valence-corrected chi connectivity index (χ4v) is 4.18. The van der Waals surface area contributed by atoms with Crippen LogP contribution in [0.3, 0.4) is 0 Å². The molecule has 2 unspecified atom stereocenters. The predicted octanol–water partition coefficient (Wildman–Crippen LogP) is 3.35. The van der Waals surface area contributed by atoms with Gasteiger partial charge in [-0.15, -0.1) is 10.2 Å². The van der Waals surface area contributed by atoms with Crippen molar-refractivity contribution in [2.75, 3.05) is 33.1 Å². The maximum absolute atomic E-state index is 12.5. The Morgan fingerprint density at radius 1 is 1.19 bits per heavy atom. The van der Waals surface area contributed by atoms with Gasteiger partial charge in [-0.3, -0.25) is 4.79 Å². The van der Waals surface area contributed by atoms with Gasteiger partial charge in [0.2, 0.25) is 5.91 Å². The lowest BCUT2D eigenvalue weighted by Gasteiger charge is -2.34. The van der Waals surface area contributed by atoms with Crippen LogP contribution in [0, 0.1) is 11.8 Å². The molecule has 1 fully saturated rings. The number of methoxy groups -OCH3 is 2. The molecule has 0 spiro atoms. The third-order valence-electron chi connectivity index (χ3n) is 4.59. The van der Waals surface area contributed by atoms with E-state index in [1.54, 1.807) is 26.4 Å². The number of nitrogens with zero attached hydrogens (tertiary/aromatic N) is 3. The van der Waals surface area contributed by atoms with Gasteiger partial charge < -0.3 is 18.8 Å². The molecule has 2 heterocycles. The van der Waals surface area contributed by atoms with Gasteiger partial charge in [0.1, 0.15) is 17.1 Å². The van der Waals surface area contributed by atoms with E-state index in [1.807, 2.05) is 11.0 Å². The number of piperidine rings is 1. The molecule has 0 radical (unpaired) electrons. The summed E-state index contributed by atoms with van der Waals surface area (Å²) >= 11 is 1.25. The number of thioether (sulfide) groups is 1. The van der Waals surface area contributed by atoms with Gasteiger partial charge in [0, 0.05) is 13.1 Å². The summed E-state index contributed by atoms with van der Waals surface area (Å²) in [5, 5.41) is 8.50. The van der Waals surface area contributed by atoms with E-state index in [4.69, 9.17) is 13.9 Å². The van der Waals surface area contributed by atoms with E-state index in [0.717, 1.165) is 13.1 Å². The number of likely N-dealkylation sites (tertiary alicyclic amines) is 1. The van der Waals surface area contributed by atoms with Crippen LogP contribution in [0.1, 0.15) is 20.3 Å². The second-order valence-electron chi connectivity index (χ2n) is 6.94. The number of hydrogen-bond acceptors (Lipinski definition) is 7. The molecular weight excluding hydrogens is 366 g/mol. The summed E-state index contributed by atoms with van der Waals surface area (Å²) in [6.45, 7) is 6.01. The summed E-state index contributed by atoms with van der Waals surface area (Å²) in [4.78, 5) is 14.5. The van der Waals surface area contributed by atoms with E-state index in [9.17, 15) is 4.79 Å². The molecule has 0 bridgehead atoms. The second kappa shape index (κ2) is 8.65. The van der Waals surface area contributed by atoms with Crippen LogP contribution in [0.2, 0.25) is 0 Å². The molecule has 2 atom stereocenters. The lowest BCUT2D eigenvalue weighted by Crippen LogP contribution is -2.43. The van der Waals surface area contributed by atoms with E-state index in [-0.39, 0.29) is 11.7 Å². The minimum absolute atomic E-state index is 0.105. The molecule has 8 heteroatoms. The summed E-state index contributed by atoms with van der Waals surface area (Å²) in [5.74, 6) is 2.94. The van der Waals surface area contributed by atoms with Gasteiger partial charge >= 0.3 is 0 Å². The summed E-state index contributed by atoms with van der Waals surface area (Å²) in [6.07, 6.45) is 1.17. The second-order valence-corrected chi connectivity index (χ2v) is 7.87. The smallest absolute Gasteiger partial charge is 0.277 e. The van der Waals surface area contributed by atoms with Crippen LogP contribution in [-0.2, 0) is 4.79 Å². The van der Waals surface area contributed by atoms with Gasteiger partial charge in [0.25, 0.3) is 11.1 Å². The maximum atomic E-state index is 12.5. The van der Waals surface area contributed by atoms with Crippen LogP contribution >= 0.6 is 11.8 Å². The molecule has 1 aliphatic heterocycles. The standard InChI is InChI=1S/C19H25N3O4S/c1-12-8-13(2)10-22(9-12)16(23)11-27-19-21-20-18(26-19)17-14(24-3)6-5-7-15(17)25-4/h5-7,12-13H,8-11H2,1-4H3. The van der Waals surface area contributed by atoms with Crippen molar-refractivity contribution >= 4 is 17.7 Å². The molecule has 146 valence electrons. The lowest BCUT2D eigenvalue weighted by atomic mass is 9.92. The van der Waals surface area contributed by atoms with E-state index in [1.165, 1.54) is 18.2 Å². The average Bonchev–Trinajstić information content (AvgIpc) is 3.13. The monoisotopic (exact) mass is 391 g/mol. The van der Waals surface area contributed by atoms with Crippen molar-refractivity contribution in [2.45, 2.75) is 25.5 Å². The van der Waals surface area contributed by atoms with E-state index < -0.39 is 0 Å². The van der Waals surface area contributed by atoms with Crippen molar-refractivity contribution < 1.29 is 18.7 Å². The summed E-state index contributed by atoms with van der Waals surface area (Å²) in [5.41, 5.74) is 0.604. The van der Waals surface area contributed by atoms with Gasteiger partial charge in [-0.1, -0.05) is 31.7 Å². The van der Waals surface area contributed by atoms with Gasteiger partial charge in [-0.25, -0.2) is 0 Å². The fraction of sp³-hybridized carbons (Fsp3) is 0.526. The normalized spacial score (nSPS) is 19.8. The topological polar surface area (TPSA) is 77.7 Å². The third-order valence-corrected chi connectivity index (χ3v) is 5.39. The van der Waals surface area contributed by atoms with Gasteiger partial charge in [0.05, 0.1) is 20.0 Å². The zero-order valence-corrected chi connectivity index (χ0v) is 16.9. The van der Waals surface area contributed by atoms with Gasteiger partial charge in [0.15, 0.2) is 0 Å². The Labute approximate surface area is 163 Å². The van der Waals surface area contributed by atoms with E-state index in [0.29, 0.717) is 40.0 Å². The minimum Gasteiger partial charge on any atom is -0.496 e. The van der Waals surface area contributed by atoms with Crippen molar-refractivity contribution in [3.8, 4) is 23.0 Å². The first kappa shape index (κ1) is 19.5. The van der Waals surface area contributed by atoms with Crippen LogP contribution in [0.5, 0.6) is 11.5 Å². The summed E-state index contributed by atoms with van der Waals surface area (Å²) in [6, 6.07) is 5.43. The average molecular weight is 391 g/mol. The Balaban J connectivity index is 1.68. The molecule has 7 nitrogen and oxygen atoms in total. The first-order valence-electron chi connectivity index (χ1n) is 8.97. The molecule has 2 aromatic rings. The molecule has 0 aliphatic carbocycles. The Bertz CT molecular complexity index is 763. The molecule has 3 rings (SSSR count). The molecule has 1 aromatic heterocycles. The number of rotatable bonds is 6. The number of hydrogen-bond donors (Lipinski definition) is 0. The van der Waals surface area contributed by atoms with Crippen LogP contribution in [0.15, 0.2) is 27.8 Å². The van der Waals surface area contributed by atoms with Crippen molar-refractivity contribution in [3.63, 3.8) is 0 Å². The highest BCUT2D eigenvalue weighted by Gasteiger charge is 2.26. The highest BCUT2D eigenvalue weighted by molar-refractivity contribution is 7.99. The van der Waals surface area contributed by atoms with Crippen LogP contribution in [0.25, 0.3) is 11.5 Å². The minimum atomic E-state index is 0.105. The van der Waals surface area contributed by atoms with Crippen LogP contribution in [-0.4, -0.2) is 54.1 Å². The Hall–Kier alpha value is -2.22. The van der Waals surface area contributed by atoms with E-state index in [2.05, 4.69) is 24.0 Å². The van der Waals surface area contributed by atoms with Crippen molar-refractivity contribution in [2.24, 2.45) is 11.8 Å². The Morgan fingerprint density at radius 2 is 1.81 bits per heavy atom. The number of carbonyl (C=O) groups is 1. The molecule has 27 heavy (non-hydrogen) atoms. The SMILES string of the molecule is COc1cccc(OC)c1-c1nnc(SCC(=O)N2CC(C)CC(C)C2)o1. The number of aromatic nitrogens is 2. The first-order chi connectivity index (χ1) is 13.0. The zero-order chi connectivity index (χ0) is 19.4. The molecule has 0 N–H and O–H groups in total.